The van der Waals surface area contributed by atoms with Gasteiger partial charge in [-0.3, -0.25) is 24.2 Å². The minimum atomic E-state index is -1.04. The minimum absolute atomic E-state index is 0.135. The second-order valence-corrected chi connectivity index (χ2v) is 9.01. The van der Waals surface area contributed by atoms with E-state index < -0.39 is 23.8 Å². The molecule has 0 spiro atoms. The zero-order valence-corrected chi connectivity index (χ0v) is 20.5. The number of carbonyl (C=O) groups excluding carboxylic acids is 4. The van der Waals surface area contributed by atoms with Crippen molar-refractivity contribution in [2.24, 2.45) is 0 Å². The molecule has 2 unspecified atom stereocenters. The van der Waals surface area contributed by atoms with Gasteiger partial charge >= 0.3 is 0 Å². The highest BCUT2D eigenvalue weighted by Gasteiger charge is 2.38. The zero-order chi connectivity index (χ0) is 26.0. The molecule has 1 aromatic heterocycles. The molecule has 1 aliphatic heterocycles. The monoisotopic (exact) mass is 498 g/mol. The van der Waals surface area contributed by atoms with E-state index in [2.05, 4.69) is 15.6 Å². The Hall–Kier alpha value is -4.33. The van der Waals surface area contributed by atoms with E-state index in [-0.39, 0.29) is 37.7 Å². The molecule has 190 valence electrons. The maximum Gasteiger partial charge on any atom is 0.289 e. The van der Waals surface area contributed by atoms with Crippen LogP contribution in [0.15, 0.2) is 85.1 Å². The Morgan fingerprint density at radius 1 is 0.946 bits per heavy atom. The number of rotatable bonds is 11. The lowest BCUT2D eigenvalue weighted by Crippen LogP contribution is -2.55. The fraction of sp³-hybridized carbons (Fsp3) is 0.276. The van der Waals surface area contributed by atoms with E-state index in [0.29, 0.717) is 12.8 Å². The summed E-state index contributed by atoms with van der Waals surface area (Å²) in [7, 11) is 0. The molecular formula is C29H30N4O4. The number of Topliss-reactive ketones (excluding diaryl/α,β-unsaturated/α-hetero) is 1. The van der Waals surface area contributed by atoms with Gasteiger partial charge in [0.25, 0.3) is 5.91 Å². The van der Waals surface area contributed by atoms with Gasteiger partial charge in [-0.05, 0) is 29.7 Å². The highest BCUT2D eigenvalue weighted by Crippen LogP contribution is 2.19. The summed E-state index contributed by atoms with van der Waals surface area (Å²) in [5, 5.41) is 5.41. The van der Waals surface area contributed by atoms with Crippen molar-refractivity contribution in [3.05, 3.63) is 102 Å². The largest absolute Gasteiger partial charge is 0.349 e. The van der Waals surface area contributed by atoms with Crippen LogP contribution in [0.1, 0.15) is 29.7 Å². The van der Waals surface area contributed by atoms with Crippen molar-refractivity contribution >= 4 is 23.5 Å². The number of hydrogen-bond acceptors (Lipinski definition) is 5. The van der Waals surface area contributed by atoms with Crippen molar-refractivity contribution < 1.29 is 19.2 Å². The number of nitrogens with zero attached hydrogens (tertiary/aromatic N) is 2. The Kier molecular flexibility index (Phi) is 8.75. The van der Waals surface area contributed by atoms with Crippen LogP contribution in [0.5, 0.6) is 0 Å². The van der Waals surface area contributed by atoms with Crippen LogP contribution in [0.25, 0.3) is 0 Å². The molecule has 2 atom stereocenters. The quantitative estimate of drug-likeness (QED) is 0.394. The Bertz CT molecular complexity index is 1220. The van der Waals surface area contributed by atoms with Crippen molar-refractivity contribution in [2.75, 3.05) is 6.54 Å². The second-order valence-electron chi connectivity index (χ2n) is 9.01. The van der Waals surface area contributed by atoms with Crippen molar-refractivity contribution in [3.63, 3.8) is 0 Å². The Morgan fingerprint density at radius 3 is 2.24 bits per heavy atom. The molecule has 2 aromatic carbocycles. The van der Waals surface area contributed by atoms with E-state index in [1.54, 1.807) is 6.20 Å². The van der Waals surface area contributed by atoms with Gasteiger partial charge in [0.2, 0.25) is 17.6 Å². The van der Waals surface area contributed by atoms with Gasteiger partial charge in [-0.2, -0.15) is 0 Å². The molecule has 1 fully saturated rings. The molecule has 0 radical (unpaired) electrons. The van der Waals surface area contributed by atoms with Crippen LogP contribution in [-0.4, -0.2) is 52.0 Å². The maximum absolute atomic E-state index is 13.7. The molecule has 8 nitrogen and oxygen atoms in total. The van der Waals surface area contributed by atoms with Crippen LogP contribution >= 0.6 is 0 Å². The normalized spacial score (nSPS) is 15.5. The molecule has 2 N–H and O–H groups in total. The predicted octanol–water partition coefficient (Wildman–Crippen LogP) is 2.23. The first-order chi connectivity index (χ1) is 18.0. The van der Waals surface area contributed by atoms with Gasteiger partial charge in [0.1, 0.15) is 12.1 Å². The SMILES string of the molecule is O=C1CCC(C(=O)N(Cc2ccccc2)C(Cc2ccccc2)C(=O)C(=O)NCCc2ccccn2)N1. The second kappa shape index (κ2) is 12.6. The number of pyridine rings is 1. The molecule has 1 saturated heterocycles. The van der Waals surface area contributed by atoms with Gasteiger partial charge in [-0.1, -0.05) is 66.7 Å². The number of amides is 3. The highest BCUT2D eigenvalue weighted by molar-refractivity contribution is 6.38. The molecule has 4 rings (SSSR count). The van der Waals surface area contributed by atoms with E-state index in [1.165, 1.54) is 4.90 Å². The minimum Gasteiger partial charge on any atom is -0.349 e. The molecule has 0 aliphatic carbocycles. The highest BCUT2D eigenvalue weighted by atomic mass is 16.2. The molecule has 1 aliphatic rings. The number of nitrogens with one attached hydrogen (secondary N) is 2. The van der Waals surface area contributed by atoms with Gasteiger partial charge in [-0.15, -0.1) is 0 Å². The van der Waals surface area contributed by atoms with Crippen molar-refractivity contribution in [1.82, 2.24) is 20.5 Å². The third-order valence-electron chi connectivity index (χ3n) is 6.34. The lowest BCUT2D eigenvalue weighted by molar-refractivity contribution is -0.147. The lowest BCUT2D eigenvalue weighted by Gasteiger charge is -2.33. The summed E-state index contributed by atoms with van der Waals surface area (Å²) in [6.45, 7) is 0.376. The van der Waals surface area contributed by atoms with Crippen LogP contribution in [-0.2, 0) is 38.6 Å². The standard InChI is InChI=1S/C29H30N4O4/c34-26-15-14-24(32-26)29(37)33(20-22-11-5-2-6-12-22)25(19-21-9-3-1-4-10-21)27(35)28(36)31-18-16-23-13-7-8-17-30-23/h1-13,17,24-25H,14-16,18-20H2,(H,31,36)(H,32,34). The molecule has 0 bridgehead atoms. The zero-order valence-electron chi connectivity index (χ0n) is 20.5. The van der Waals surface area contributed by atoms with Crippen LogP contribution in [0.4, 0.5) is 0 Å². The third-order valence-corrected chi connectivity index (χ3v) is 6.34. The first kappa shape index (κ1) is 25.8. The molecule has 2 heterocycles. The molecular weight excluding hydrogens is 468 g/mol. The van der Waals surface area contributed by atoms with Crippen LogP contribution in [0, 0.1) is 0 Å². The van der Waals surface area contributed by atoms with Crippen molar-refractivity contribution in [3.8, 4) is 0 Å². The summed E-state index contributed by atoms with van der Waals surface area (Å²) >= 11 is 0. The summed E-state index contributed by atoms with van der Waals surface area (Å²) in [6, 6.07) is 22.4. The molecule has 3 amide bonds. The molecule has 37 heavy (non-hydrogen) atoms. The van der Waals surface area contributed by atoms with E-state index in [9.17, 15) is 19.2 Å². The van der Waals surface area contributed by atoms with Gasteiger partial charge in [0.05, 0.1) is 0 Å². The van der Waals surface area contributed by atoms with Crippen molar-refractivity contribution in [1.29, 1.82) is 0 Å². The third kappa shape index (κ3) is 7.10. The maximum atomic E-state index is 13.7. The summed E-state index contributed by atoms with van der Waals surface area (Å²) in [5.41, 5.74) is 2.44. The fourth-order valence-corrected chi connectivity index (χ4v) is 4.39. The smallest absolute Gasteiger partial charge is 0.289 e. The van der Waals surface area contributed by atoms with Gasteiger partial charge in [0.15, 0.2) is 0 Å². The molecule has 8 heteroatoms. The number of hydrogen-bond donors (Lipinski definition) is 2. The number of benzene rings is 2. The Labute approximate surface area is 216 Å². The van der Waals surface area contributed by atoms with E-state index in [1.807, 2.05) is 78.9 Å². The predicted molar refractivity (Wildman–Crippen MR) is 138 cm³/mol. The topological polar surface area (TPSA) is 108 Å². The summed E-state index contributed by atoms with van der Waals surface area (Å²) in [6.07, 6.45) is 2.93. The van der Waals surface area contributed by atoms with E-state index in [4.69, 9.17) is 0 Å². The molecule has 3 aromatic rings. The molecule has 0 saturated carbocycles. The fourth-order valence-electron chi connectivity index (χ4n) is 4.39. The average molecular weight is 499 g/mol. The summed E-state index contributed by atoms with van der Waals surface area (Å²) in [4.78, 5) is 57.8. The van der Waals surface area contributed by atoms with Gasteiger partial charge < -0.3 is 15.5 Å². The summed E-state index contributed by atoms with van der Waals surface area (Å²) in [5.74, 6) is -2.02. The van der Waals surface area contributed by atoms with Gasteiger partial charge in [0, 0.05) is 44.2 Å². The Balaban J connectivity index is 1.58. The summed E-state index contributed by atoms with van der Waals surface area (Å²) < 4.78 is 0. The van der Waals surface area contributed by atoms with E-state index in [0.717, 1.165) is 16.8 Å². The first-order valence-electron chi connectivity index (χ1n) is 12.4. The van der Waals surface area contributed by atoms with Crippen LogP contribution in [0.2, 0.25) is 0 Å². The Morgan fingerprint density at radius 2 is 1.62 bits per heavy atom. The van der Waals surface area contributed by atoms with E-state index >= 15 is 0 Å². The average Bonchev–Trinajstić information content (AvgIpc) is 3.38. The van der Waals surface area contributed by atoms with Crippen LogP contribution in [0.3, 0.4) is 0 Å². The van der Waals surface area contributed by atoms with Crippen molar-refractivity contribution in [2.45, 2.75) is 44.3 Å². The first-order valence-corrected chi connectivity index (χ1v) is 12.4. The number of ketones is 1. The van der Waals surface area contributed by atoms with Gasteiger partial charge in [-0.25, -0.2) is 0 Å². The number of carbonyl (C=O) groups is 4. The lowest BCUT2D eigenvalue weighted by atomic mass is 9.98. The number of aromatic nitrogens is 1. The van der Waals surface area contributed by atoms with Crippen LogP contribution < -0.4 is 10.6 Å².